The summed E-state index contributed by atoms with van der Waals surface area (Å²) < 4.78 is 4.89. The first-order chi connectivity index (χ1) is 12.5. The fourth-order valence-electron chi connectivity index (χ4n) is 2.36. The van der Waals surface area contributed by atoms with Gasteiger partial charge in [-0.05, 0) is 42.0 Å². The summed E-state index contributed by atoms with van der Waals surface area (Å²) in [6, 6.07) is 14.7. The van der Waals surface area contributed by atoms with Crippen LogP contribution in [0.15, 0.2) is 48.5 Å². The smallest absolute Gasteiger partial charge is 0.255 e. The molecule has 0 aliphatic heterocycles. The summed E-state index contributed by atoms with van der Waals surface area (Å²) in [5.41, 5.74) is 3.20. The standard InChI is InChI=1S/C20H25N3O3/c1-23(2)18-10-6-16(7-11-18)20(25)22-17-8-4-15(5-9-17)14-19(24)21-12-13-26-3/h4-11H,12-14H2,1-3H3,(H,21,24)(H,22,25). The summed E-state index contributed by atoms with van der Waals surface area (Å²) in [5, 5.41) is 5.64. The number of rotatable bonds is 8. The Bertz CT molecular complexity index is 725. The zero-order chi connectivity index (χ0) is 18.9. The molecule has 0 atom stereocenters. The van der Waals surface area contributed by atoms with E-state index in [9.17, 15) is 9.59 Å². The third kappa shape index (κ3) is 5.89. The van der Waals surface area contributed by atoms with Crippen molar-refractivity contribution in [3.8, 4) is 0 Å². The molecule has 0 spiro atoms. The number of carbonyl (C=O) groups is 2. The molecule has 0 aromatic heterocycles. The van der Waals surface area contributed by atoms with E-state index in [-0.39, 0.29) is 11.8 Å². The Kier molecular flexibility index (Phi) is 7.17. The number of hydrogen-bond acceptors (Lipinski definition) is 4. The molecule has 6 heteroatoms. The lowest BCUT2D eigenvalue weighted by Gasteiger charge is -2.12. The van der Waals surface area contributed by atoms with E-state index in [1.54, 1.807) is 31.4 Å². The SMILES string of the molecule is COCCNC(=O)Cc1ccc(NC(=O)c2ccc(N(C)C)cc2)cc1. The van der Waals surface area contributed by atoms with E-state index in [4.69, 9.17) is 4.74 Å². The van der Waals surface area contributed by atoms with Crippen LogP contribution >= 0.6 is 0 Å². The Labute approximate surface area is 154 Å². The van der Waals surface area contributed by atoms with Gasteiger partial charge in [0.1, 0.15) is 0 Å². The number of ether oxygens (including phenoxy) is 1. The van der Waals surface area contributed by atoms with Crippen LogP contribution in [0.3, 0.4) is 0 Å². The second-order valence-electron chi connectivity index (χ2n) is 6.11. The molecule has 0 saturated carbocycles. The number of nitrogens with zero attached hydrogens (tertiary/aromatic N) is 1. The van der Waals surface area contributed by atoms with Crippen molar-refractivity contribution in [3.63, 3.8) is 0 Å². The number of nitrogens with one attached hydrogen (secondary N) is 2. The molecule has 26 heavy (non-hydrogen) atoms. The molecule has 2 N–H and O–H groups in total. The van der Waals surface area contributed by atoms with Crippen LogP contribution in [0.4, 0.5) is 11.4 Å². The fraction of sp³-hybridized carbons (Fsp3) is 0.300. The Balaban J connectivity index is 1.89. The minimum absolute atomic E-state index is 0.0557. The van der Waals surface area contributed by atoms with Crippen molar-refractivity contribution < 1.29 is 14.3 Å². The number of anilines is 2. The Morgan fingerprint density at radius 1 is 1.00 bits per heavy atom. The van der Waals surface area contributed by atoms with Crippen LogP contribution in [0.1, 0.15) is 15.9 Å². The van der Waals surface area contributed by atoms with Gasteiger partial charge in [-0.1, -0.05) is 12.1 Å². The minimum Gasteiger partial charge on any atom is -0.383 e. The lowest BCUT2D eigenvalue weighted by Crippen LogP contribution is -2.28. The van der Waals surface area contributed by atoms with Crippen LogP contribution in [0.25, 0.3) is 0 Å². The topological polar surface area (TPSA) is 70.7 Å². The molecule has 0 saturated heterocycles. The highest BCUT2D eigenvalue weighted by molar-refractivity contribution is 6.04. The van der Waals surface area contributed by atoms with Gasteiger partial charge in [0.05, 0.1) is 13.0 Å². The molecule has 2 aromatic rings. The number of hydrogen-bond donors (Lipinski definition) is 2. The normalized spacial score (nSPS) is 10.3. The third-order valence-corrected chi connectivity index (χ3v) is 3.85. The van der Waals surface area contributed by atoms with Crippen molar-refractivity contribution in [3.05, 3.63) is 59.7 Å². The zero-order valence-corrected chi connectivity index (χ0v) is 15.4. The van der Waals surface area contributed by atoms with Gasteiger partial charge in [-0.2, -0.15) is 0 Å². The van der Waals surface area contributed by atoms with Crippen LogP contribution in [-0.4, -0.2) is 46.2 Å². The summed E-state index contributed by atoms with van der Waals surface area (Å²) in [4.78, 5) is 26.1. The van der Waals surface area contributed by atoms with Crippen LogP contribution < -0.4 is 15.5 Å². The van der Waals surface area contributed by atoms with Crippen molar-refractivity contribution >= 4 is 23.2 Å². The van der Waals surface area contributed by atoms with Crippen LogP contribution in [0, 0.1) is 0 Å². The first kappa shape index (κ1) is 19.5. The van der Waals surface area contributed by atoms with Gasteiger partial charge in [0, 0.05) is 44.7 Å². The van der Waals surface area contributed by atoms with Crippen LogP contribution in [0.5, 0.6) is 0 Å². The quantitative estimate of drug-likeness (QED) is 0.713. The van der Waals surface area contributed by atoms with E-state index in [1.165, 1.54) is 0 Å². The summed E-state index contributed by atoms with van der Waals surface area (Å²) in [6.07, 6.45) is 0.296. The molecule has 138 valence electrons. The highest BCUT2D eigenvalue weighted by Gasteiger charge is 2.07. The van der Waals surface area contributed by atoms with Crippen molar-refractivity contribution in [1.29, 1.82) is 0 Å². The van der Waals surface area contributed by atoms with Gasteiger partial charge in [0.15, 0.2) is 0 Å². The molecule has 0 radical (unpaired) electrons. The highest BCUT2D eigenvalue weighted by atomic mass is 16.5. The highest BCUT2D eigenvalue weighted by Crippen LogP contribution is 2.15. The van der Waals surface area contributed by atoms with Gasteiger partial charge < -0.3 is 20.3 Å². The summed E-state index contributed by atoms with van der Waals surface area (Å²) in [7, 11) is 5.50. The molecule has 0 aliphatic rings. The largest absolute Gasteiger partial charge is 0.383 e. The first-order valence-electron chi connectivity index (χ1n) is 8.43. The maximum Gasteiger partial charge on any atom is 0.255 e. The lowest BCUT2D eigenvalue weighted by atomic mass is 10.1. The van der Waals surface area contributed by atoms with E-state index >= 15 is 0 Å². The minimum atomic E-state index is -0.166. The van der Waals surface area contributed by atoms with Gasteiger partial charge in [-0.3, -0.25) is 9.59 Å². The fourth-order valence-corrected chi connectivity index (χ4v) is 2.36. The van der Waals surface area contributed by atoms with Crippen molar-refractivity contribution in [1.82, 2.24) is 5.32 Å². The summed E-state index contributed by atoms with van der Waals surface area (Å²) in [5.74, 6) is -0.222. The summed E-state index contributed by atoms with van der Waals surface area (Å²) in [6.45, 7) is 0.988. The molecular formula is C20H25N3O3. The van der Waals surface area contributed by atoms with Gasteiger partial charge >= 0.3 is 0 Å². The van der Waals surface area contributed by atoms with Crippen LogP contribution in [0.2, 0.25) is 0 Å². The Morgan fingerprint density at radius 2 is 1.65 bits per heavy atom. The molecule has 2 rings (SSSR count). The molecule has 2 aromatic carbocycles. The van der Waals surface area contributed by atoms with Crippen molar-refractivity contribution in [2.45, 2.75) is 6.42 Å². The van der Waals surface area contributed by atoms with E-state index in [0.717, 1.165) is 11.3 Å². The van der Waals surface area contributed by atoms with Gasteiger partial charge in [-0.15, -0.1) is 0 Å². The van der Waals surface area contributed by atoms with Gasteiger partial charge in [0.2, 0.25) is 5.91 Å². The molecule has 2 amide bonds. The Morgan fingerprint density at radius 3 is 2.23 bits per heavy atom. The third-order valence-electron chi connectivity index (χ3n) is 3.85. The second-order valence-corrected chi connectivity index (χ2v) is 6.11. The average molecular weight is 355 g/mol. The van der Waals surface area contributed by atoms with Crippen LogP contribution in [-0.2, 0) is 16.0 Å². The molecule has 0 bridgehead atoms. The molecule has 0 fully saturated rings. The average Bonchev–Trinajstić information content (AvgIpc) is 2.63. The van der Waals surface area contributed by atoms with Gasteiger partial charge in [-0.25, -0.2) is 0 Å². The molecular weight excluding hydrogens is 330 g/mol. The predicted molar refractivity (Wildman–Crippen MR) is 104 cm³/mol. The number of methoxy groups -OCH3 is 1. The number of amides is 2. The van der Waals surface area contributed by atoms with E-state index < -0.39 is 0 Å². The first-order valence-corrected chi connectivity index (χ1v) is 8.43. The van der Waals surface area contributed by atoms with Gasteiger partial charge in [0.25, 0.3) is 5.91 Å². The lowest BCUT2D eigenvalue weighted by molar-refractivity contribution is -0.120. The maximum absolute atomic E-state index is 12.3. The maximum atomic E-state index is 12.3. The predicted octanol–water partition coefficient (Wildman–Crippen LogP) is 2.31. The van der Waals surface area contributed by atoms with E-state index in [1.807, 2.05) is 43.3 Å². The van der Waals surface area contributed by atoms with Crippen molar-refractivity contribution in [2.24, 2.45) is 0 Å². The van der Waals surface area contributed by atoms with E-state index in [2.05, 4.69) is 10.6 Å². The molecule has 0 heterocycles. The summed E-state index contributed by atoms with van der Waals surface area (Å²) >= 11 is 0. The Hall–Kier alpha value is -2.86. The number of carbonyl (C=O) groups excluding carboxylic acids is 2. The van der Waals surface area contributed by atoms with E-state index in [0.29, 0.717) is 30.8 Å². The second kappa shape index (κ2) is 9.58. The molecule has 0 aliphatic carbocycles. The molecule has 6 nitrogen and oxygen atoms in total. The monoisotopic (exact) mass is 355 g/mol. The van der Waals surface area contributed by atoms with Crippen molar-refractivity contribution in [2.75, 3.05) is 44.6 Å². The zero-order valence-electron chi connectivity index (χ0n) is 15.4. The number of benzene rings is 2. The molecule has 0 unspecified atom stereocenters.